The Morgan fingerprint density at radius 3 is 2.62 bits per heavy atom. The fourth-order valence-electron chi connectivity index (χ4n) is 1.93. The summed E-state index contributed by atoms with van der Waals surface area (Å²) in [4.78, 5) is 25.9. The lowest BCUT2D eigenvalue weighted by Gasteiger charge is -2.06. The lowest BCUT2D eigenvalue weighted by Crippen LogP contribution is -2.16. The lowest BCUT2D eigenvalue weighted by molar-refractivity contribution is -0.115. The first-order chi connectivity index (χ1) is 9.88. The monoisotopic (exact) mass is 326 g/mol. The molecule has 0 radical (unpaired) electrons. The number of amides is 1. The molecule has 0 aliphatic heterocycles. The lowest BCUT2D eigenvalue weighted by atomic mass is 10.1. The van der Waals surface area contributed by atoms with E-state index >= 15 is 0 Å². The van der Waals surface area contributed by atoms with E-state index in [1.165, 1.54) is 6.20 Å². The molecule has 1 amide bonds. The van der Waals surface area contributed by atoms with Gasteiger partial charge in [-0.15, -0.1) is 0 Å². The van der Waals surface area contributed by atoms with E-state index in [1.807, 2.05) is 0 Å². The Balaban J connectivity index is 2.12. The number of hydrogen-bond acceptors (Lipinski definition) is 2. The summed E-state index contributed by atoms with van der Waals surface area (Å²) in [5, 5.41) is 12.4. The Morgan fingerprint density at radius 1 is 1.29 bits per heavy atom. The molecule has 0 fully saturated rings. The molecule has 0 aliphatic rings. The molecule has 0 unspecified atom stereocenters. The molecule has 0 saturated heterocycles. The van der Waals surface area contributed by atoms with Crippen LogP contribution in [0.1, 0.15) is 21.6 Å². The molecular weight excluding hydrogens is 315 g/mol. The fraction of sp³-hybridized carbons (Fsp3) is 0.143. The van der Waals surface area contributed by atoms with Crippen molar-refractivity contribution >= 4 is 40.8 Å². The third-order valence-corrected chi connectivity index (χ3v) is 3.65. The largest absolute Gasteiger partial charge is 0.478 e. The van der Waals surface area contributed by atoms with Gasteiger partial charge in [-0.3, -0.25) is 4.79 Å². The smallest absolute Gasteiger partial charge is 0.339 e. The van der Waals surface area contributed by atoms with Crippen LogP contribution in [0.2, 0.25) is 10.0 Å². The van der Waals surface area contributed by atoms with E-state index in [4.69, 9.17) is 28.3 Å². The molecule has 0 aliphatic carbocycles. The van der Waals surface area contributed by atoms with Crippen LogP contribution in [-0.2, 0) is 11.2 Å². The van der Waals surface area contributed by atoms with Crippen molar-refractivity contribution in [1.82, 2.24) is 4.98 Å². The van der Waals surface area contributed by atoms with E-state index in [0.29, 0.717) is 21.3 Å². The van der Waals surface area contributed by atoms with Crippen molar-refractivity contribution in [3.8, 4) is 0 Å². The van der Waals surface area contributed by atoms with Gasteiger partial charge in [0.2, 0.25) is 5.91 Å². The molecule has 2 rings (SSSR count). The molecule has 21 heavy (non-hydrogen) atoms. The number of anilines is 1. The maximum absolute atomic E-state index is 12.0. The number of H-pyrrole nitrogens is 1. The topological polar surface area (TPSA) is 82.2 Å². The predicted molar refractivity (Wildman–Crippen MR) is 81.3 cm³/mol. The molecule has 2 aromatic rings. The van der Waals surface area contributed by atoms with E-state index < -0.39 is 5.97 Å². The van der Waals surface area contributed by atoms with Gasteiger partial charge in [0.1, 0.15) is 5.56 Å². The summed E-state index contributed by atoms with van der Waals surface area (Å²) >= 11 is 11.7. The Bertz CT molecular complexity index is 710. The van der Waals surface area contributed by atoms with Crippen LogP contribution >= 0.6 is 23.2 Å². The highest BCUT2D eigenvalue weighted by Crippen LogP contribution is 2.23. The standard InChI is InChI=1S/C14H12Cl2N2O3/c1-7-13(14(20)21)11(6-17-7)18-12(19)5-8-2-3-9(15)10(16)4-8/h2-4,6,17H,5H2,1H3,(H,18,19)(H,20,21). The molecular formula is C14H12Cl2N2O3. The van der Waals surface area contributed by atoms with Crippen LogP contribution in [0.3, 0.4) is 0 Å². The molecule has 0 atom stereocenters. The summed E-state index contributed by atoms with van der Waals surface area (Å²) in [6.07, 6.45) is 1.52. The molecule has 110 valence electrons. The third kappa shape index (κ3) is 3.56. The Labute approximate surface area is 130 Å². The van der Waals surface area contributed by atoms with Crippen LogP contribution in [0, 0.1) is 6.92 Å². The molecule has 5 nitrogen and oxygen atoms in total. The summed E-state index contributed by atoms with van der Waals surface area (Å²) in [5.41, 5.74) is 1.46. The summed E-state index contributed by atoms with van der Waals surface area (Å²) in [5.74, 6) is -1.44. The number of aryl methyl sites for hydroxylation is 1. The first-order valence-corrected chi connectivity index (χ1v) is 6.79. The molecule has 7 heteroatoms. The van der Waals surface area contributed by atoms with Crippen molar-refractivity contribution in [2.75, 3.05) is 5.32 Å². The molecule has 1 aromatic heterocycles. The van der Waals surface area contributed by atoms with E-state index in [9.17, 15) is 9.59 Å². The van der Waals surface area contributed by atoms with Crippen molar-refractivity contribution < 1.29 is 14.7 Å². The summed E-state index contributed by atoms with van der Waals surface area (Å²) < 4.78 is 0. The van der Waals surface area contributed by atoms with E-state index in [2.05, 4.69) is 10.3 Å². The highest BCUT2D eigenvalue weighted by Gasteiger charge is 2.17. The zero-order valence-corrected chi connectivity index (χ0v) is 12.5. The molecule has 0 saturated carbocycles. The van der Waals surface area contributed by atoms with Crippen molar-refractivity contribution in [3.05, 3.63) is 51.3 Å². The molecule has 3 N–H and O–H groups in total. The minimum Gasteiger partial charge on any atom is -0.478 e. The number of carboxylic acids is 1. The van der Waals surface area contributed by atoms with Gasteiger partial charge >= 0.3 is 5.97 Å². The molecule has 0 spiro atoms. The van der Waals surface area contributed by atoms with E-state index in [0.717, 1.165) is 0 Å². The van der Waals surface area contributed by atoms with Crippen molar-refractivity contribution in [3.63, 3.8) is 0 Å². The number of halogens is 2. The average Bonchev–Trinajstić information content (AvgIpc) is 2.75. The highest BCUT2D eigenvalue weighted by atomic mass is 35.5. The van der Waals surface area contributed by atoms with Gasteiger partial charge in [0, 0.05) is 11.9 Å². The Morgan fingerprint density at radius 2 is 2.00 bits per heavy atom. The van der Waals surface area contributed by atoms with Gasteiger partial charge in [0.05, 0.1) is 22.2 Å². The van der Waals surface area contributed by atoms with Gasteiger partial charge in [-0.1, -0.05) is 29.3 Å². The minimum absolute atomic E-state index is 0.0532. The second kappa shape index (κ2) is 6.20. The number of aromatic amines is 1. The van der Waals surface area contributed by atoms with Gasteiger partial charge in [0.25, 0.3) is 0 Å². The van der Waals surface area contributed by atoms with Gasteiger partial charge in [-0.2, -0.15) is 0 Å². The Hall–Kier alpha value is -1.98. The van der Waals surface area contributed by atoms with Crippen LogP contribution in [0.25, 0.3) is 0 Å². The normalized spacial score (nSPS) is 10.4. The number of nitrogens with one attached hydrogen (secondary N) is 2. The number of benzene rings is 1. The average molecular weight is 327 g/mol. The maximum Gasteiger partial charge on any atom is 0.339 e. The fourth-order valence-corrected chi connectivity index (χ4v) is 2.25. The minimum atomic E-state index is -1.10. The maximum atomic E-state index is 12.0. The van der Waals surface area contributed by atoms with Crippen molar-refractivity contribution in [2.24, 2.45) is 0 Å². The first-order valence-electron chi connectivity index (χ1n) is 6.03. The number of rotatable bonds is 4. The third-order valence-electron chi connectivity index (χ3n) is 2.91. The number of hydrogen-bond donors (Lipinski definition) is 3. The van der Waals surface area contributed by atoms with Crippen molar-refractivity contribution in [2.45, 2.75) is 13.3 Å². The molecule has 1 aromatic carbocycles. The van der Waals surface area contributed by atoms with Gasteiger partial charge in [-0.05, 0) is 24.6 Å². The van der Waals surface area contributed by atoms with Crippen LogP contribution in [0.15, 0.2) is 24.4 Å². The highest BCUT2D eigenvalue weighted by molar-refractivity contribution is 6.42. The Kier molecular flexibility index (Phi) is 4.55. The number of carbonyl (C=O) groups is 2. The SMILES string of the molecule is Cc1[nH]cc(NC(=O)Cc2ccc(Cl)c(Cl)c2)c1C(=O)O. The second-order valence-electron chi connectivity index (χ2n) is 4.48. The van der Waals surface area contributed by atoms with Gasteiger partial charge in [-0.25, -0.2) is 4.79 Å². The molecule has 0 bridgehead atoms. The van der Waals surface area contributed by atoms with E-state index in [1.54, 1.807) is 25.1 Å². The first kappa shape index (κ1) is 15.4. The quantitative estimate of drug-likeness (QED) is 0.804. The van der Waals surface area contributed by atoms with Crippen molar-refractivity contribution in [1.29, 1.82) is 0 Å². The van der Waals surface area contributed by atoms with Gasteiger partial charge < -0.3 is 15.4 Å². The zero-order valence-electron chi connectivity index (χ0n) is 11.0. The van der Waals surface area contributed by atoms with Crippen LogP contribution in [0.5, 0.6) is 0 Å². The molecule has 1 heterocycles. The summed E-state index contributed by atoms with van der Waals surface area (Å²) in [6, 6.07) is 4.90. The zero-order chi connectivity index (χ0) is 15.6. The number of carboxylic acid groups (broad SMARTS) is 1. The van der Waals surface area contributed by atoms with Crippen LogP contribution in [-0.4, -0.2) is 22.0 Å². The van der Waals surface area contributed by atoms with Gasteiger partial charge in [0.15, 0.2) is 0 Å². The van der Waals surface area contributed by atoms with Crippen LogP contribution < -0.4 is 5.32 Å². The summed E-state index contributed by atoms with van der Waals surface area (Å²) in [7, 11) is 0. The second-order valence-corrected chi connectivity index (χ2v) is 5.30. The van der Waals surface area contributed by atoms with E-state index in [-0.39, 0.29) is 23.6 Å². The number of aromatic carboxylic acids is 1. The predicted octanol–water partition coefficient (Wildman–Crippen LogP) is 3.51. The number of carbonyl (C=O) groups excluding carboxylic acids is 1. The van der Waals surface area contributed by atoms with Crippen LogP contribution in [0.4, 0.5) is 5.69 Å². The summed E-state index contributed by atoms with van der Waals surface area (Å²) in [6.45, 7) is 1.62. The number of aromatic nitrogens is 1.